The van der Waals surface area contributed by atoms with Crippen molar-refractivity contribution < 1.29 is 0 Å². The minimum absolute atomic E-state index is 0.150. The van der Waals surface area contributed by atoms with Gasteiger partial charge in [-0.3, -0.25) is 4.79 Å². The third-order valence-electron chi connectivity index (χ3n) is 2.94. The van der Waals surface area contributed by atoms with Gasteiger partial charge in [0.15, 0.2) is 5.82 Å². The van der Waals surface area contributed by atoms with Crippen LogP contribution in [0, 0.1) is 5.92 Å². The molecule has 1 aliphatic rings. The van der Waals surface area contributed by atoms with Crippen LogP contribution in [-0.4, -0.2) is 16.0 Å². The first-order valence-corrected chi connectivity index (χ1v) is 6.08. The van der Waals surface area contributed by atoms with E-state index in [4.69, 9.17) is 11.6 Å². The molecule has 0 saturated heterocycles. The molecule has 5 heteroatoms. The molecule has 16 heavy (non-hydrogen) atoms. The minimum atomic E-state index is -0.291. The first-order valence-electron chi connectivity index (χ1n) is 5.70. The SMILES string of the molecule is CCC(CC1CC1)Nc1nc[nH]c(=O)c1Cl. The average Bonchev–Trinajstić information content (AvgIpc) is 3.07. The predicted molar refractivity (Wildman–Crippen MR) is 64.9 cm³/mol. The van der Waals surface area contributed by atoms with Crippen LogP contribution in [0.1, 0.15) is 32.6 Å². The van der Waals surface area contributed by atoms with Crippen LogP contribution in [-0.2, 0) is 0 Å². The molecule has 2 N–H and O–H groups in total. The van der Waals surface area contributed by atoms with Gasteiger partial charge in [-0.1, -0.05) is 31.4 Å². The molecular formula is C11H16ClN3O. The topological polar surface area (TPSA) is 57.8 Å². The highest BCUT2D eigenvalue weighted by atomic mass is 35.5. The maximum atomic E-state index is 11.3. The molecule has 1 atom stereocenters. The van der Waals surface area contributed by atoms with Gasteiger partial charge in [-0.15, -0.1) is 0 Å². The third kappa shape index (κ3) is 2.76. The highest BCUT2D eigenvalue weighted by Crippen LogP contribution is 2.34. The van der Waals surface area contributed by atoms with Gasteiger partial charge in [-0.05, 0) is 18.8 Å². The van der Waals surface area contributed by atoms with Gasteiger partial charge in [-0.2, -0.15) is 0 Å². The number of aromatic nitrogens is 2. The fourth-order valence-electron chi connectivity index (χ4n) is 1.76. The van der Waals surface area contributed by atoms with Crippen molar-refractivity contribution in [2.45, 2.75) is 38.6 Å². The molecule has 4 nitrogen and oxygen atoms in total. The fourth-order valence-corrected chi connectivity index (χ4v) is 1.92. The van der Waals surface area contributed by atoms with E-state index in [1.807, 2.05) is 0 Å². The Balaban J connectivity index is 2.05. The lowest BCUT2D eigenvalue weighted by Gasteiger charge is -2.17. The van der Waals surface area contributed by atoms with Crippen molar-refractivity contribution in [3.05, 3.63) is 21.7 Å². The molecule has 0 aromatic carbocycles. The Hall–Kier alpha value is -1.03. The number of nitrogens with zero attached hydrogens (tertiary/aromatic N) is 1. The molecule has 1 aromatic rings. The summed E-state index contributed by atoms with van der Waals surface area (Å²) >= 11 is 5.88. The molecule has 1 aromatic heterocycles. The van der Waals surface area contributed by atoms with Crippen molar-refractivity contribution >= 4 is 17.4 Å². The second kappa shape index (κ2) is 4.87. The molecule has 0 radical (unpaired) electrons. The number of hydrogen-bond donors (Lipinski definition) is 2. The lowest BCUT2D eigenvalue weighted by atomic mass is 10.1. The normalized spacial score (nSPS) is 17.1. The maximum Gasteiger partial charge on any atom is 0.271 e. The van der Waals surface area contributed by atoms with Crippen LogP contribution in [0.4, 0.5) is 5.82 Å². The molecule has 1 heterocycles. The predicted octanol–water partition coefficient (Wildman–Crippen LogP) is 2.41. The van der Waals surface area contributed by atoms with Crippen molar-refractivity contribution in [1.82, 2.24) is 9.97 Å². The van der Waals surface area contributed by atoms with Crippen LogP contribution in [0.2, 0.25) is 5.02 Å². The largest absolute Gasteiger partial charge is 0.366 e. The van der Waals surface area contributed by atoms with Crippen molar-refractivity contribution in [2.75, 3.05) is 5.32 Å². The number of nitrogens with one attached hydrogen (secondary N) is 2. The first kappa shape index (κ1) is 11.5. The smallest absolute Gasteiger partial charge is 0.271 e. The Morgan fingerprint density at radius 1 is 1.69 bits per heavy atom. The summed E-state index contributed by atoms with van der Waals surface area (Å²) in [6.07, 6.45) is 6.19. The van der Waals surface area contributed by atoms with Crippen LogP contribution in [0.15, 0.2) is 11.1 Å². The second-order valence-electron chi connectivity index (χ2n) is 4.32. The zero-order valence-electron chi connectivity index (χ0n) is 9.29. The Bertz CT molecular complexity index is 414. The molecule has 88 valence electrons. The lowest BCUT2D eigenvalue weighted by molar-refractivity contribution is 0.585. The van der Waals surface area contributed by atoms with E-state index in [1.54, 1.807) is 0 Å². The van der Waals surface area contributed by atoms with Gasteiger partial charge in [0, 0.05) is 6.04 Å². The number of rotatable bonds is 5. The summed E-state index contributed by atoms with van der Waals surface area (Å²) in [5.74, 6) is 1.34. The van der Waals surface area contributed by atoms with Crippen molar-refractivity contribution in [3.8, 4) is 0 Å². The minimum Gasteiger partial charge on any atom is -0.366 e. The number of aromatic amines is 1. The van der Waals surface area contributed by atoms with E-state index in [9.17, 15) is 4.79 Å². The Morgan fingerprint density at radius 2 is 2.44 bits per heavy atom. The van der Waals surface area contributed by atoms with Gasteiger partial charge in [0.1, 0.15) is 5.02 Å². The number of halogens is 1. The van der Waals surface area contributed by atoms with Crippen LogP contribution in [0.3, 0.4) is 0 Å². The van der Waals surface area contributed by atoms with Crippen molar-refractivity contribution in [1.29, 1.82) is 0 Å². The van der Waals surface area contributed by atoms with E-state index >= 15 is 0 Å². The number of hydrogen-bond acceptors (Lipinski definition) is 3. The van der Waals surface area contributed by atoms with Crippen LogP contribution in [0.25, 0.3) is 0 Å². The van der Waals surface area contributed by atoms with Gasteiger partial charge in [0.25, 0.3) is 5.56 Å². The number of H-pyrrole nitrogens is 1. The molecular weight excluding hydrogens is 226 g/mol. The summed E-state index contributed by atoms with van der Waals surface area (Å²) in [5.41, 5.74) is -0.291. The van der Waals surface area contributed by atoms with Gasteiger partial charge in [0.2, 0.25) is 0 Å². The van der Waals surface area contributed by atoms with Gasteiger partial charge >= 0.3 is 0 Å². The number of anilines is 1. The van der Waals surface area contributed by atoms with E-state index in [-0.39, 0.29) is 10.6 Å². The van der Waals surface area contributed by atoms with Gasteiger partial charge < -0.3 is 10.3 Å². The summed E-state index contributed by atoms with van der Waals surface area (Å²) < 4.78 is 0. The highest BCUT2D eigenvalue weighted by molar-refractivity contribution is 6.32. The summed E-state index contributed by atoms with van der Waals surface area (Å²) in [4.78, 5) is 17.8. The van der Waals surface area contributed by atoms with Crippen molar-refractivity contribution in [3.63, 3.8) is 0 Å². The lowest BCUT2D eigenvalue weighted by Crippen LogP contribution is -2.22. The monoisotopic (exact) mass is 241 g/mol. The van der Waals surface area contributed by atoms with Gasteiger partial charge in [0.05, 0.1) is 6.33 Å². The molecule has 1 aliphatic carbocycles. The van der Waals surface area contributed by atoms with E-state index in [0.29, 0.717) is 11.9 Å². The quantitative estimate of drug-likeness (QED) is 0.832. The molecule has 0 spiro atoms. The first-order chi connectivity index (χ1) is 7.70. The summed E-state index contributed by atoms with van der Waals surface area (Å²) in [5, 5.41) is 3.40. The van der Waals surface area contributed by atoms with E-state index < -0.39 is 0 Å². The molecule has 0 aliphatic heterocycles. The molecule has 1 unspecified atom stereocenters. The van der Waals surface area contributed by atoms with Crippen LogP contribution in [0.5, 0.6) is 0 Å². The average molecular weight is 242 g/mol. The summed E-state index contributed by atoms with van der Waals surface area (Å²) in [6.45, 7) is 2.13. The van der Waals surface area contributed by atoms with E-state index in [2.05, 4.69) is 22.2 Å². The zero-order chi connectivity index (χ0) is 11.5. The Morgan fingerprint density at radius 3 is 3.06 bits per heavy atom. The summed E-state index contributed by atoms with van der Waals surface area (Å²) in [6, 6.07) is 0.360. The molecule has 1 saturated carbocycles. The van der Waals surface area contributed by atoms with Crippen LogP contribution >= 0.6 is 11.6 Å². The second-order valence-corrected chi connectivity index (χ2v) is 4.70. The van der Waals surface area contributed by atoms with E-state index in [0.717, 1.165) is 18.8 Å². The summed E-state index contributed by atoms with van der Waals surface area (Å²) in [7, 11) is 0. The molecule has 2 rings (SSSR count). The maximum absolute atomic E-state index is 11.3. The fraction of sp³-hybridized carbons (Fsp3) is 0.636. The Labute approximate surface area is 99.4 Å². The molecule has 0 amide bonds. The third-order valence-corrected chi connectivity index (χ3v) is 3.30. The van der Waals surface area contributed by atoms with Crippen molar-refractivity contribution in [2.24, 2.45) is 5.92 Å². The highest BCUT2D eigenvalue weighted by Gasteiger charge is 2.25. The van der Waals surface area contributed by atoms with E-state index in [1.165, 1.54) is 19.2 Å². The molecule has 0 bridgehead atoms. The standard InChI is InChI=1S/C11H16ClN3O/c1-2-8(5-7-3-4-7)15-10-9(12)11(16)14-6-13-10/h6-8H,2-5H2,1H3,(H2,13,14,15,16). The molecule has 1 fully saturated rings. The Kier molecular flexibility index (Phi) is 3.49. The zero-order valence-corrected chi connectivity index (χ0v) is 10.0. The van der Waals surface area contributed by atoms with Gasteiger partial charge in [-0.25, -0.2) is 4.98 Å². The van der Waals surface area contributed by atoms with Crippen LogP contribution < -0.4 is 10.9 Å².